The molecule has 17 heavy (non-hydrogen) atoms. The number of benzene rings is 1. The Bertz CT molecular complexity index is 339. The molecule has 1 aliphatic carbocycles. The average molecular weight is 234 g/mol. The van der Waals surface area contributed by atoms with E-state index in [-0.39, 0.29) is 0 Å². The lowest BCUT2D eigenvalue weighted by molar-refractivity contribution is 0.179. The third-order valence-electron chi connectivity index (χ3n) is 3.45. The van der Waals surface area contributed by atoms with Gasteiger partial charge < -0.3 is 9.84 Å². The lowest BCUT2D eigenvalue weighted by Crippen LogP contribution is -2.15. The molecule has 1 atom stereocenters. The minimum Gasteiger partial charge on any atom is -0.490 e. The van der Waals surface area contributed by atoms with Gasteiger partial charge in [0.05, 0.1) is 12.2 Å². The maximum absolute atomic E-state index is 9.54. The molecule has 1 aliphatic rings. The van der Waals surface area contributed by atoms with Crippen molar-refractivity contribution in [2.75, 3.05) is 0 Å². The Morgan fingerprint density at radius 2 is 1.88 bits per heavy atom. The van der Waals surface area contributed by atoms with Crippen LogP contribution in [0.5, 0.6) is 5.75 Å². The van der Waals surface area contributed by atoms with Crippen LogP contribution >= 0.6 is 0 Å². The van der Waals surface area contributed by atoms with Gasteiger partial charge >= 0.3 is 0 Å². The topological polar surface area (TPSA) is 29.5 Å². The third kappa shape index (κ3) is 3.74. The number of aliphatic hydroxyl groups is 1. The van der Waals surface area contributed by atoms with Gasteiger partial charge in [0.15, 0.2) is 0 Å². The molecule has 0 saturated heterocycles. The van der Waals surface area contributed by atoms with E-state index in [2.05, 4.69) is 0 Å². The van der Waals surface area contributed by atoms with Crippen molar-refractivity contribution in [1.29, 1.82) is 0 Å². The highest BCUT2D eigenvalue weighted by Crippen LogP contribution is 2.24. The van der Waals surface area contributed by atoms with Crippen LogP contribution < -0.4 is 4.74 Å². The normalized spacial score (nSPS) is 19.6. The zero-order valence-corrected chi connectivity index (χ0v) is 10.6. The van der Waals surface area contributed by atoms with E-state index in [1.54, 1.807) is 6.92 Å². The predicted octanol–water partition coefficient (Wildman–Crippen LogP) is 3.84. The summed E-state index contributed by atoms with van der Waals surface area (Å²) in [7, 11) is 0. The second kappa shape index (κ2) is 6.06. The van der Waals surface area contributed by atoms with Crippen LogP contribution in [0.3, 0.4) is 0 Å². The van der Waals surface area contributed by atoms with E-state index >= 15 is 0 Å². The Hall–Kier alpha value is -1.02. The molecule has 2 rings (SSSR count). The first-order chi connectivity index (χ1) is 8.25. The van der Waals surface area contributed by atoms with E-state index < -0.39 is 6.10 Å². The van der Waals surface area contributed by atoms with Crippen LogP contribution in [0.4, 0.5) is 0 Å². The van der Waals surface area contributed by atoms with E-state index in [0.717, 1.165) is 11.3 Å². The summed E-state index contributed by atoms with van der Waals surface area (Å²) in [6, 6.07) is 7.82. The predicted molar refractivity (Wildman–Crippen MR) is 69.2 cm³/mol. The summed E-state index contributed by atoms with van der Waals surface area (Å²) in [4.78, 5) is 0. The van der Waals surface area contributed by atoms with Gasteiger partial charge in [0, 0.05) is 0 Å². The molecular formula is C15H22O2. The standard InChI is InChI=1S/C15H22O2/c1-12(16)13-7-6-10-15(11-13)17-14-8-4-2-3-5-9-14/h6-7,10-12,14,16H,2-5,8-9H2,1H3. The summed E-state index contributed by atoms with van der Waals surface area (Å²) in [5.74, 6) is 0.898. The molecular weight excluding hydrogens is 212 g/mol. The summed E-state index contributed by atoms with van der Waals surface area (Å²) in [5, 5.41) is 9.54. The van der Waals surface area contributed by atoms with E-state index in [1.165, 1.54) is 38.5 Å². The van der Waals surface area contributed by atoms with Crippen LogP contribution in [-0.2, 0) is 0 Å². The van der Waals surface area contributed by atoms with Crippen molar-refractivity contribution in [3.05, 3.63) is 29.8 Å². The Kier molecular flexibility index (Phi) is 4.43. The molecule has 1 aromatic carbocycles. The maximum atomic E-state index is 9.54. The summed E-state index contributed by atoms with van der Waals surface area (Å²) >= 11 is 0. The molecule has 0 heterocycles. The number of hydrogen-bond acceptors (Lipinski definition) is 2. The molecule has 0 aromatic heterocycles. The van der Waals surface area contributed by atoms with E-state index in [9.17, 15) is 5.11 Å². The zero-order chi connectivity index (χ0) is 12.1. The van der Waals surface area contributed by atoms with Crippen LogP contribution in [0.25, 0.3) is 0 Å². The smallest absolute Gasteiger partial charge is 0.120 e. The molecule has 0 radical (unpaired) electrons. The average Bonchev–Trinajstić information content (AvgIpc) is 2.58. The maximum Gasteiger partial charge on any atom is 0.120 e. The number of hydrogen-bond donors (Lipinski definition) is 1. The second-order valence-corrected chi connectivity index (χ2v) is 4.98. The monoisotopic (exact) mass is 234 g/mol. The summed E-state index contributed by atoms with van der Waals surface area (Å²) in [6.45, 7) is 1.78. The van der Waals surface area contributed by atoms with Crippen LogP contribution in [0.1, 0.15) is 57.1 Å². The second-order valence-electron chi connectivity index (χ2n) is 4.98. The summed E-state index contributed by atoms with van der Waals surface area (Å²) in [6.07, 6.45) is 7.51. The van der Waals surface area contributed by atoms with Crippen molar-refractivity contribution in [3.8, 4) is 5.75 Å². The molecule has 1 unspecified atom stereocenters. The van der Waals surface area contributed by atoms with Gasteiger partial charge in [0.1, 0.15) is 5.75 Å². The molecule has 94 valence electrons. The van der Waals surface area contributed by atoms with Gasteiger partial charge in [0.25, 0.3) is 0 Å². The van der Waals surface area contributed by atoms with Gasteiger partial charge in [-0.15, -0.1) is 0 Å². The first-order valence-electron chi connectivity index (χ1n) is 6.70. The minimum atomic E-state index is -0.423. The zero-order valence-electron chi connectivity index (χ0n) is 10.6. The van der Waals surface area contributed by atoms with Gasteiger partial charge in [-0.3, -0.25) is 0 Å². The highest BCUT2D eigenvalue weighted by atomic mass is 16.5. The Morgan fingerprint density at radius 1 is 1.18 bits per heavy atom. The third-order valence-corrected chi connectivity index (χ3v) is 3.45. The van der Waals surface area contributed by atoms with Gasteiger partial charge in [-0.1, -0.05) is 25.0 Å². The van der Waals surface area contributed by atoms with Crippen LogP contribution in [-0.4, -0.2) is 11.2 Å². The number of ether oxygens (including phenoxy) is 1. The molecule has 0 spiro atoms. The van der Waals surface area contributed by atoms with Crippen molar-refractivity contribution in [1.82, 2.24) is 0 Å². The minimum absolute atomic E-state index is 0.363. The lowest BCUT2D eigenvalue weighted by Gasteiger charge is -2.17. The van der Waals surface area contributed by atoms with E-state index in [1.807, 2.05) is 24.3 Å². The van der Waals surface area contributed by atoms with Gasteiger partial charge in [-0.2, -0.15) is 0 Å². The molecule has 2 heteroatoms. The molecule has 2 nitrogen and oxygen atoms in total. The Balaban J connectivity index is 1.99. The number of rotatable bonds is 3. The fourth-order valence-electron chi connectivity index (χ4n) is 2.40. The molecule has 1 aromatic rings. The van der Waals surface area contributed by atoms with Crippen molar-refractivity contribution in [2.45, 2.75) is 57.7 Å². The summed E-state index contributed by atoms with van der Waals surface area (Å²) < 4.78 is 6.02. The first kappa shape index (κ1) is 12.4. The van der Waals surface area contributed by atoms with Gasteiger partial charge in [0.2, 0.25) is 0 Å². The SMILES string of the molecule is CC(O)c1cccc(OC2CCCCCC2)c1. The Morgan fingerprint density at radius 3 is 2.53 bits per heavy atom. The molecule has 1 fully saturated rings. The van der Waals surface area contributed by atoms with Crippen molar-refractivity contribution in [2.24, 2.45) is 0 Å². The molecule has 1 N–H and O–H groups in total. The van der Waals surface area contributed by atoms with E-state index in [4.69, 9.17) is 4.74 Å². The van der Waals surface area contributed by atoms with Crippen molar-refractivity contribution >= 4 is 0 Å². The van der Waals surface area contributed by atoms with Crippen LogP contribution in [0.2, 0.25) is 0 Å². The fraction of sp³-hybridized carbons (Fsp3) is 0.600. The van der Waals surface area contributed by atoms with Crippen LogP contribution in [0.15, 0.2) is 24.3 Å². The molecule has 0 aliphatic heterocycles. The fourth-order valence-corrected chi connectivity index (χ4v) is 2.40. The Labute approximate surface area is 104 Å². The summed E-state index contributed by atoms with van der Waals surface area (Å²) in [5.41, 5.74) is 0.927. The van der Waals surface area contributed by atoms with Crippen LogP contribution in [0, 0.1) is 0 Å². The van der Waals surface area contributed by atoms with E-state index in [0.29, 0.717) is 6.10 Å². The van der Waals surface area contributed by atoms with Gasteiger partial charge in [-0.05, 0) is 50.3 Å². The largest absolute Gasteiger partial charge is 0.490 e. The molecule has 0 bridgehead atoms. The van der Waals surface area contributed by atoms with Gasteiger partial charge in [-0.25, -0.2) is 0 Å². The lowest BCUT2D eigenvalue weighted by atomic mass is 10.1. The van der Waals surface area contributed by atoms with Crippen molar-refractivity contribution < 1.29 is 9.84 Å². The number of aliphatic hydroxyl groups excluding tert-OH is 1. The first-order valence-corrected chi connectivity index (χ1v) is 6.70. The molecule has 0 amide bonds. The van der Waals surface area contributed by atoms with Crippen molar-refractivity contribution in [3.63, 3.8) is 0 Å². The quantitative estimate of drug-likeness (QED) is 0.805. The highest BCUT2D eigenvalue weighted by molar-refractivity contribution is 5.29. The molecule has 1 saturated carbocycles. The highest BCUT2D eigenvalue weighted by Gasteiger charge is 2.14.